The molecule has 1 amide bonds. The molecule has 1 saturated carbocycles. The van der Waals surface area contributed by atoms with Crippen LogP contribution in [0.5, 0.6) is 0 Å². The van der Waals surface area contributed by atoms with Crippen LogP contribution in [0.4, 0.5) is 4.79 Å². The topological polar surface area (TPSA) is 145 Å². The number of aliphatic hydroxyl groups is 2. The van der Waals surface area contributed by atoms with Gasteiger partial charge in [0.15, 0.2) is 0 Å². The van der Waals surface area contributed by atoms with Gasteiger partial charge in [-0.05, 0) is 41.5 Å². The summed E-state index contributed by atoms with van der Waals surface area (Å²) >= 11 is 0. The van der Waals surface area contributed by atoms with Crippen LogP contribution in [0.15, 0.2) is 48.5 Å². The molecule has 9 heteroatoms. The van der Waals surface area contributed by atoms with Crippen molar-refractivity contribution in [2.45, 2.75) is 49.8 Å². The molecule has 0 heterocycles. The number of fused-ring (bicyclic) bond motifs is 3. The first kappa shape index (κ1) is 24.7. The molecule has 0 spiro atoms. The van der Waals surface area contributed by atoms with Crippen molar-refractivity contribution >= 4 is 18.0 Å². The Hall–Kier alpha value is -3.43. The summed E-state index contributed by atoms with van der Waals surface area (Å²) in [6.45, 7) is -0.367. The monoisotopic (exact) mass is 483 g/mol. The number of nitrogens with zero attached hydrogens (tertiary/aromatic N) is 1. The number of aliphatic carboxylic acids is 2. The molecule has 0 bridgehead atoms. The number of hydrogen-bond acceptors (Lipinski definition) is 6. The molecule has 2 aromatic carbocycles. The van der Waals surface area contributed by atoms with Gasteiger partial charge in [-0.15, -0.1) is 0 Å². The molecular formula is C26H29NO8. The highest BCUT2D eigenvalue weighted by molar-refractivity contribution is 5.85. The molecule has 2 aliphatic rings. The number of carbonyl (C=O) groups is 3. The predicted molar refractivity (Wildman–Crippen MR) is 125 cm³/mol. The molecule has 4 N–H and O–H groups in total. The van der Waals surface area contributed by atoms with Crippen LogP contribution in [0.2, 0.25) is 0 Å². The van der Waals surface area contributed by atoms with Crippen LogP contribution in [-0.2, 0) is 14.3 Å². The lowest BCUT2D eigenvalue weighted by atomic mass is 9.82. The number of hydrogen-bond donors (Lipinski definition) is 4. The zero-order valence-electron chi connectivity index (χ0n) is 19.1. The van der Waals surface area contributed by atoms with Crippen LogP contribution in [0.1, 0.15) is 42.7 Å². The minimum absolute atomic E-state index is 0.0401. The third-order valence-corrected chi connectivity index (χ3v) is 7.08. The Kier molecular flexibility index (Phi) is 7.37. The van der Waals surface area contributed by atoms with Gasteiger partial charge in [0.2, 0.25) is 0 Å². The molecule has 186 valence electrons. The number of rotatable bonds is 8. The maximum absolute atomic E-state index is 13.3. The van der Waals surface area contributed by atoms with E-state index in [1.54, 1.807) is 0 Å². The molecular weight excluding hydrogens is 454 g/mol. The van der Waals surface area contributed by atoms with Crippen molar-refractivity contribution in [1.29, 1.82) is 0 Å². The zero-order chi connectivity index (χ0) is 25.1. The van der Waals surface area contributed by atoms with E-state index in [4.69, 9.17) is 4.74 Å². The van der Waals surface area contributed by atoms with Crippen LogP contribution in [0, 0.1) is 5.92 Å². The number of benzene rings is 2. The van der Waals surface area contributed by atoms with E-state index in [1.807, 2.05) is 48.5 Å². The lowest BCUT2D eigenvalue weighted by molar-refractivity contribution is -0.150. The Labute approximate surface area is 202 Å². The molecule has 4 rings (SSSR count). The van der Waals surface area contributed by atoms with Crippen LogP contribution in [0.25, 0.3) is 11.1 Å². The van der Waals surface area contributed by atoms with Gasteiger partial charge >= 0.3 is 18.0 Å². The molecule has 0 aliphatic heterocycles. The zero-order valence-corrected chi connectivity index (χ0v) is 19.1. The first-order valence-corrected chi connectivity index (χ1v) is 11.7. The van der Waals surface area contributed by atoms with Crippen molar-refractivity contribution < 1.29 is 39.5 Å². The average molecular weight is 484 g/mol. The highest BCUT2D eigenvalue weighted by Gasteiger charge is 2.42. The summed E-state index contributed by atoms with van der Waals surface area (Å²) in [5.41, 5.74) is 4.08. The number of carboxylic acid groups (broad SMARTS) is 2. The van der Waals surface area contributed by atoms with Crippen LogP contribution in [0.3, 0.4) is 0 Å². The minimum atomic E-state index is -1.64. The van der Waals surface area contributed by atoms with Gasteiger partial charge in [-0.3, -0.25) is 9.69 Å². The fourth-order valence-corrected chi connectivity index (χ4v) is 5.34. The summed E-state index contributed by atoms with van der Waals surface area (Å²) in [6.07, 6.45) is -1.82. The van der Waals surface area contributed by atoms with Crippen molar-refractivity contribution in [1.82, 2.24) is 4.90 Å². The van der Waals surface area contributed by atoms with Gasteiger partial charge in [-0.1, -0.05) is 48.5 Å². The lowest BCUT2D eigenvalue weighted by Crippen LogP contribution is -2.54. The summed E-state index contributed by atoms with van der Waals surface area (Å²) < 4.78 is 5.67. The van der Waals surface area contributed by atoms with Gasteiger partial charge in [-0.25, -0.2) is 9.59 Å². The molecule has 4 atom stereocenters. The van der Waals surface area contributed by atoms with E-state index in [1.165, 1.54) is 0 Å². The van der Waals surface area contributed by atoms with Crippen LogP contribution >= 0.6 is 0 Å². The second-order valence-corrected chi connectivity index (χ2v) is 9.14. The molecule has 9 nitrogen and oxygen atoms in total. The van der Waals surface area contributed by atoms with Crippen molar-refractivity contribution in [2.24, 2.45) is 5.92 Å². The number of aliphatic hydroxyl groups excluding tert-OH is 2. The standard InChI is InChI=1S/C26H29NO8/c28-13-15-11-16(9-10-23(15)29)27(22(25(32)33)12-24(30)31)26(34)35-14-21-19-7-3-1-5-17(19)18-6-2-4-8-20(18)21/h1-8,15-16,21-23,28-29H,9-14H2,(H,30,31)(H,32,33)/t15?,16?,22-,23?/m0/s1. The number of ether oxygens (including phenoxy) is 1. The average Bonchev–Trinajstić information content (AvgIpc) is 3.16. The normalized spacial score (nSPS) is 22.1. The molecule has 0 saturated heterocycles. The Morgan fingerprint density at radius 2 is 1.57 bits per heavy atom. The smallest absolute Gasteiger partial charge is 0.410 e. The largest absolute Gasteiger partial charge is 0.481 e. The molecule has 1 fully saturated rings. The SMILES string of the molecule is O=C(O)C[C@@H](C(=O)O)N(C(=O)OCC1c2ccccc2-c2ccccc21)C1CCC(O)C(CO)C1. The summed E-state index contributed by atoms with van der Waals surface area (Å²) in [6, 6.07) is 13.3. The Morgan fingerprint density at radius 3 is 2.11 bits per heavy atom. The highest BCUT2D eigenvalue weighted by atomic mass is 16.6. The number of amides is 1. The molecule has 35 heavy (non-hydrogen) atoms. The van der Waals surface area contributed by atoms with E-state index in [0.29, 0.717) is 0 Å². The molecule has 3 unspecified atom stereocenters. The maximum Gasteiger partial charge on any atom is 0.410 e. The van der Waals surface area contributed by atoms with Gasteiger partial charge in [-0.2, -0.15) is 0 Å². The van der Waals surface area contributed by atoms with E-state index in [-0.39, 0.29) is 38.4 Å². The first-order valence-electron chi connectivity index (χ1n) is 11.7. The lowest BCUT2D eigenvalue weighted by Gasteiger charge is -2.40. The van der Waals surface area contributed by atoms with Gasteiger partial charge in [0.25, 0.3) is 0 Å². The van der Waals surface area contributed by atoms with Crippen molar-refractivity contribution in [2.75, 3.05) is 13.2 Å². The Morgan fingerprint density at radius 1 is 0.971 bits per heavy atom. The second kappa shape index (κ2) is 10.5. The van der Waals surface area contributed by atoms with Crippen molar-refractivity contribution in [3.05, 3.63) is 59.7 Å². The third kappa shape index (κ3) is 5.01. The number of carboxylic acids is 2. The Bertz CT molecular complexity index is 1060. The minimum Gasteiger partial charge on any atom is -0.481 e. The Balaban J connectivity index is 1.59. The van der Waals surface area contributed by atoms with Crippen LogP contribution < -0.4 is 0 Å². The highest BCUT2D eigenvalue weighted by Crippen LogP contribution is 2.44. The molecule has 0 radical (unpaired) electrons. The van der Waals surface area contributed by atoms with Gasteiger partial charge < -0.3 is 25.2 Å². The fourth-order valence-electron chi connectivity index (χ4n) is 5.34. The van der Waals surface area contributed by atoms with Gasteiger partial charge in [0.05, 0.1) is 12.5 Å². The van der Waals surface area contributed by atoms with E-state index in [2.05, 4.69) is 0 Å². The van der Waals surface area contributed by atoms with Gasteiger partial charge in [0.1, 0.15) is 12.6 Å². The fraction of sp³-hybridized carbons (Fsp3) is 0.423. The quantitative estimate of drug-likeness (QED) is 0.449. The summed E-state index contributed by atoms with van der Waals surface area (Å²) in [5.74, 6) is -3.60. The maximum atomic E-state index is 13.3. The predicted octanol–water partition coefficient (Wildman–Crippen LogP) is 2.69. The van der Waals surface area contributed by atoms with E-state index < -0.39 is 48.6 Å². The van der Waals surface area contributed by atoms with E-state index in [9.17, 15) is 34.8 Å². The number of carbonyl (C=O) groups excluding carboxylic acids is 1. The van der Waals surface area contributed by atoms with Crippen molar-refractivity contribution in [3.63, 3.8) is 0 Å². The molecule has 2 aliphatic carbocycles. The summed E-state index contributed by atoms with van der Waals surface area (Å²) in [5, 5.41) is 38.8. The summed E-state index contributed by atoms with van der Waals surface area (Å²) in [4.78, 5) is 37.8. The van der Waals surface area contributed by atoms with E-state index in [0.717, 1.165) is 27.2 Å². The van der Waals surface area contributed by atoms with E-state index >= 15 is 0 Å². The van der Waals surface area contributed by atoms with Gasteiger partial charge in [0, 0.05) is 24.5 Å². The summed E-state index contributed by atoms with van der Waals surface area (Å²) in [7, 11) is 0. The first-order chi connectivity index (χ1) is 16.8. The van der Waals surface area contributed by atoms with Crippen LogP contribution in [-0.4, -0.2) is 74.8 Å². The molecule has 2 aromatic rings. The van der Waals surface area contributed by atoms with Crippen molar-refractivity contribution in [3.8, 4) is 11.1 Å². The molecule has 0 aromatic heterocycles. The third-order valence-electron chi connectivity index (χ3n) is 7.08. The second-order valence-electron chi connectivity index (χ2n) is 9.14.